The maximum atomic E-state index is 2.38. The predicted octanol–water partition coefficient (Wildman–Crippen LogP) is 2.69. The molecule has 0 spiro atoms. The van der Waals surface area contributed by atoms with Crippen molar-refractivity contribution < 1.29 is 98.1 Å². The fraction of sp³-hybridized carbons (Fsp3) is 0.857. The van der Waals surface area contributed by atoms with Crippen LogP contribution in [0.5, 0.6) is 0 Å². The van der Waals surface area contributed by atoms with E-state index in [2.05, 4.69) is 18.9 Å². The van der Waals surface area contributed by atoms with Gasteiger partial charge in [-0.05, 0) is 24.0 Å². The van der Waals surface area contributed by atoms with Crippen LogP contribution < -0.4 is 0 Å². The molecular weight excluding hydrogens is 415 g/mol. The summed E-state index contributed by atoms with van der Waals surface area (Å²) in [5, 5.41) is 0. The molecule has 0 aliphatic carbocycles. The van der Waals surface area contributed by atoms with Crippen LogP contribution in [0.1, 0.15) is 12.8 Å². The number of unbranched alkanes of at least 4 members (excludes halogenated alkanes) is 2. The molecule has 0 aliphatic heterocycles. The van der Waals surface area contributed by atoms with Crippen molar-refractivity contribution in [1.82, 2.24) is 0 Å². The molecule has 12 heavy (non-hydrogen) atoms. The van der Waals surface area contributed by atoms with Gasteiger partial charge in [0, 0.05) is 98.1 Å². The molecule has 5 heteroatoms. The molecule has 0 aromatic rings. The normalized spacial score (nSPS) is 7.50. The van der Waals surface area contributed by atoms with Crippen LogP contribution in [0.3, 0.4) is 0 Å². The van der Waals surface area contributed by atoms with Crippen LogP contribution in [-0.2, 0) is 98.1 Å². The van der Waals surface area contributed by atoms with E-state index in [0.29, 0.717) is 0 Å². The van der Waals surface area contributed by atoms with Crippen molar-refractivity contribution in [2.24, 2.45) is 0 Å². The summed E-state index contributed by atoms with van der Waals surface area (Å²) in [6.45, 7) is 0. The summed E-state index contributed by atoms with van der Waals surface area (Å²) in [5.74, 6) is 2.57. The third-order valence-corrected chi connectivity index (χ3v) is 2.34. The van der Waals surface area contributed by atoms with E-state index in [9.17, 15) is 0 Å². The molecule has 0 heterocycles. The summed E-state index contributed by atoms with van der Waals surface area (Å²) in [6.07, 6.45) is 9.25. The van der Waals surface area contributed by atoms with Gasteiger partial charge in [-0.1, -0.05) is 0 Å². The van der Waals surface area contributed by atoms with Crippen LogP contribution in [-0.4, -0.2) is 24.0 Å². The van der Waals surface area contributed by atoms with Gasteiger partial charge < -0.3 is 6.42 Å². The standard InChI is InChI=1S/C7H15S2.3Y/c1-8-6-4-3-5-7-9-2;;;/h3H,4-7H2,1-2H3;;;/q-1;;;. The molecule has 0 rings (SSSR count). The maximum Gasteiger partial charge on any atom is 0 e. The molecule has 0 unspecified atom stereocenters. The molecule has 0 aromatic carbocycles. The minimum atomic E-state index is 0. The summed E-state index contributed by atoms with van der Waals surface area (Å²) in [6, 6.07) is 0. The molecule has 65 valence electrons. The first-order valence-corrected chi connectivity index (χ1v) is 6.00. The Morgan fingerprint density at radius 1 is 0.833 bits per heavy atom. The number of rotatable bonds is 6. The van der Waals surface area contributed by atoms with E-state index in [4.69, 9.17) is 0 Å². The average molecular weight is 430 g/mol. The number of thioether (sulfide) groups is 2. The zero-order chi connectivity index (χ0) is 6.95. The molecule has 0 fully saturated rings. The topological polar surface area (TPSA) is 0 Å². The monoisotopic (exact) mass is 430 g/mol. The van der Waals surface area contributed by atoms with Crippen LogP contribution in [0.2, 0.25) is 0 Å². The zero-order valence-electron chi connectivity index (χ0n) is 7.95. The molecule has 0 saturated heterocycles. The number of hydrogen-bond acceptors (Lipinski definition) is 2. The van der Waals surface area contributed by atoms with Crippen LogP contribution in [0.4, 0.5) is 0 Å². The summed E-state index contributed by atoms with van der Waals surface area (Å²) in [5.41, 5.74) is 0. The Morgan fingerprint density at radius 2 is 1.17 bits per heavy atom. The fourth-order valence-corrected chi connectivity index (χ4v) is 1.35. The second-order valence-corrected chi connectivity index (χ2v) is 3.82. The van der Waals surface area contributed by atoms with Crippen molar-refractivity contribution in [3.05, 3.63) is 6.42 Å². The fourth-order valence-electron chi connectivity index (χ4n) is 0.547. The van der Waals surface area contributed by atoms with Gasteiger partial charge in [-0.15, -0.1) is 0 Å². The molecule has 0 aliphatic rings. The van der Waals surface area contributed by atoms with Crippen LogP contribution >= 0.6 is 23.5 Å². The Labute approximate surface area is 161 Å². The van der Waals surface area contributed by atoms with Crippen LogP contribution in [0.15, 0.2) is 0 Å². The van der Waals surface area contributed by atoms with Crippen molar-refractivity contribution in [1.29, 1.82) is 0 Å². The third kappa shape index (κ3) is 23.7. The summed E-state index contributed by atoms with van der Waals surface area (Å²) in [7, 11) is 0. The Morgan fingerprint density at radius 3 is 1.42 bits per heavy atom. The van der Waals surface area contributed by atoms with Gasteiger partial charge in [0.1, 0.15) is 0 Å². The minimum Gasteiger partial charge on any atom is -0.327 e. The van der Waals surface area contributed by atoms with E-state index in [1.807, 2.05) is 23.5 Å². The Bertz CT molecular complexity index is 49.9. The zero-order valence-corrected chi connectivity index (χ0v) is 18.1. The molecule has 0 atom stereocenters. The van der Waals surface area contributed by atoms with Crippen molar-refractivity contribution in [2.45, 2.75) is 12.8 Å². The van der Waals surface area contributed by atoms with Gasteiger partial charge in [0.05, 0.1) is 0 Å². The Balaban J connectivity index is -0.000000107. The quantitative estimate of drug-likeness (QED) is 0.470. The van der Waals surface area contributed by atoms with Crippen LogP contribution in [0, 0.1) is 6.42 Å². The first-order chi connectivity index (χ1) is 4.41. The van der Waals surface area contributed by atoms with Crippen molar-refractivity contribution in [2.75, 3.05) is 24.0 Å². The van der Waals surface area contributed by atoms with Gasteiger partial charge in [-0.2, -0.15) is 36.4 Å². The largest absolute Gasteiger partial charge is 0.327 e. The van der Waals surface area contributed by atoms with E-state index in [-0.39, 0.29) is 98.1 Å². The van der Waals surface area contributed by atoms with Gasteiger partial charge in [-0.25, -0.2) is 0 Å². The second-order valence-electron chi connectivity index (χ2n) is 1.85. The van der Waals surface area contributed by atoms with E-state index in [1.165, 1.54) is 24.3 Å². The van der Waals surface area contributed by atoms with E-state index in [1.54, 1.807) is 0 Å². The Kier molecular flexibility index (Phi) is 50.7. The van der Waals surface area contributed by atoms with Crippen molar-refractivity contribution in [3.8, 4) is 0 Å². The first-order valence-electron chi connectivity index (χ1n) is 3.21. The van der Waals surface area contributed by atoms with E-state index in [0.717, 1.165) is 0 Å². The summed E-state index contributed by atoms with van der Waals surface area (Å²) in [4.78, 5) is 0. The molecule has 0 amide bonds. The van der Waals surface area contributed by atoms with Crippen LogP contribution in [0.25, 0.3) is 0 Å². The summed E-state index contributed by atoms with van der Waals surface area (Å²) >= 11 is 3.84. The van der Waals surface area contributed by atoms with Gasteiger partial charge in [0.15, 0.2) is 0 Å². The van der Waals surface area contributed by atoms with E-state index >= 15 is 0 Å². The van der Waals surface area contributed by atoms with Gasteiger partial charge >= 0.3 is 0 Å². The molecule has 0 N–H and O–H groups in total. The third-order valence-electron chi connectivity index (χ3n) is 1.05. The molecule has 0 aromatic heterocycles. The van der Waals surface area contributed by atoms with Crippen molar-refractivity contribution >= 4 is 23.5 Å². The summed E-state index contributed by atoms with van der Waals surface area (Å²) < 4.78 is 0. The van der Waals surface area contributed by atoms with E-state index < -0.39 is 0 Å². The second kappa shape index (κ2) is 24.3. The SMILES string of the molecule is CSCC[CH-]CCSC.[Y].[Y].[Y]. The molecular formula is C7H15S2Y3-. The molecule has 0 saturated carbocycles. The van der Waals surface area contributed by atoms with Gasteiger partial charge in [0.25, 0.3) is 0 Å². The first kappa shape index (κ1) is 25.0. The molecule has 0 bridgehead atoms. The maximum absolute atomic E-state index is 2.38. The van der Waals surface area contributed by atoms with Gasteiger partial charge in [-0.3, -0.25) is 0 Å². The molecule has 0 nitrogen and oxygen atoms in total. The minimum absolute atomic E-state index is 0. The smallest absolute Gasteiger partial charge is 0 e. The predicted molar refractivity (Wildman–Crippen MR) is 50.3 cm³/mol. The Hall–Kier alpha value is 4.01. The average Bonchev–Trinajstić information content (AvgIpc) is 1.89. The van der Waals surface area contributed by atoms with Gasteiger partial charge in [0.2, 0.25) is 0 Å². The molecule has 3 radical (unpaired) electrons. The number of hydrogen-bond donors (Lipinski definition) is 0. The van der Waals surface area contributed by atoms with Crippen molar-refractivity contribution in [3.63, 3.8) is 0 Å².